The standard InChI is InChI=1S/C23H34N6.HI/c1-6-20-19(22(7-2)29(5)28-20)15-27-23(24-8-3)25-12-11-17-14-26-21-13-16(4)9-10-18(17)21;/h9-10,13-14,26H,6-8,11-12,15H2,1-5H3,(H2,24,25,27);1H. The summed E-state index contributed by atoms with van der Waals surface area (Å²) in [5.41, 5.74) is 7.50. The molecule has 0 fully saturated rings. The predicted molar refractivity (Wildman–Crippen MR) is 137 cm³/mol. The van der Waals surface area contributed by atoms with E-state index in [0.717, 1.165) is 44.0 Å². The molecule has 0 aliphatic carbocycles. The Balaban J connectivity index is 0.00000320. The van der Waals surface area contributed by atoms with Gasteiger partial charge in [0.1, 0.15) is 0 Å². The van der Waals surface area contributed by atoms with Gasteiger partial charge in [0.15, 0.2) is 5.96 Å². The molecule has 2 aromatic heterocycles. The number of H-pyrrole nitrogens is 1. The minimum absolute atomic E-state index is 0. The fraction of sp³-hybridized carbons (Fsp3) is 0.478. The maximum absolute atomic E-state index is 4.84. The van der Waals surface area contributed by atoms with Crippen molar-refractivity contribution in [3.8, 4) is 0 Å². The Morgan fingerprint density at radius 2 is 1.97 bits per heavy atom. The molecule has 30 heavy (non-hydrogen) atoms. The van der Waals surface area contributed by atoms with Crippen molar-refractivity contribution in [3.05, 3.63) is 52.5 Å². The molecule has 0 amide bonds. The lowest BCUT2D eigenvalue weighted by molar-refractivity contribution is 0.703. The van der Waals surface area contributed by atoms with Crippen molar-refractivity contribution in [1.29, 1.82) is 0 Å². The van der Waals surface area contributed by atoms with E-state index in [9.17, 15) is 0 Å². The van der Waals surface area contributed by atoms with Crippen LogP contribution in [0, 0.1) is 6.92 Å². The maximum atomic E-state index is 4.84. The lowest BCUT2D eigenvalue weighted by atomic mass is 10.1. The molecule has 6 nitrogen and oxygen atoms in total. The zero-order valence-electron chi connectivity index (χ0n) is 18.8. The van der Waals surface area contributed by atoms with Crippen LogP contribution >= 0.6 is 24.0 Å². The highest BCUT2D eigenvalue weighted by molar-refractivity contribution is 14.0. The largest absolute Gasteiger partial charge is 0.361 e. The monoisotopic (exact) mass is 522 g/mol. The van der Waals surface area contributed by atoms with Crippen LogP contribution in [0.25, 0.3) is 10.9 Å². The third-order valence-corrected chi connectivity index (χ3v) is 5.38. The number of aromatic amines is 1. The van der Waals surface area contributed by atoms with Gasteiger partial charge in [0, 0.05) is 48.5 Å². The van der Waals surface area contributed by atoms with Crippen molar-refractivity contribution >= 4 is 40.8 Å². The Kier molecular flexibility index (Phi) is 9.20. The van der Waals surface area contributed by atoms with Gasteiger partial charge in [0.2, 0.25) is 0 Å². The Bertz CT molecular complexity index is 985. The average molecular weight is 522 g/mol. The van der Waals surface area contributed by atoms with Crippen LogP contribution in [0.4, 0.5) is 0 Å². The maximum Gasteiger partial charge on any atom is 0.191 e. The molecule has 3 aromatic rings. The highest BCUT2D eigenvalue weighted by atomic mass is 127. The minimum atomic E-state index is 0. The molecule has 0 saturated heterocycles. The second-order valence-electron chi connectivity index (χ2n) is 7.44. The van der Waals surface area contributed by atoms with Gasteiger partial charge in [-0.05, 0) is 50.3 Å². The summed E-state index contributed by atoms with van der Waals surface area (Å²) in [6.07, 6.45) is 4.97. The summed E-state index contributed by atoms with van der Waals surface area (Å²) in [4.78, 5) is 8.22. The van der Waals surface area contributed by atoms with E-state index in [1.165, 1.54) is 33.3 Å². The van der Waals surface area contributed by atoms with Gasteiger partial charge in [0.25, 0.3) is 0 Å². The van der Waals surface area contributed by atoms with Crippen molar-refractivity contribution in [2.24, 2.45) is 12.0 Å². The first-order chi connectivity index (χ1) is 14.1. The predicted octanol–water partition coefficient (Wildman–Crippen LogP) is 4.25. The highest BCUT2D eigenvalue weighted by Gasteiger charge is 2.13. The molecule has 0 bridgehead atoms. The Labute approximate surface area is 197 Å². The second-order valence-corrected chi connectivity index (χ2v) is 7.44. The minimum Gasteiger partial charge on any atom is -0.361 e. The number of hydrogen-bond acceptors (Lipinski definition) is 2. The van der Waals surface area contributed by atoms with E-state index in [1.807, 2.05) is 11.7 Å². The molecule has 0 unspecified atom stereocenters. The fourth-order valence-electron chi connectivity index (χ4n) is 3.89. The molecule has 0 atom stereocenters. The van der Waals surface area contributed by atoms with E-state index < -0.39 is 0 Å². The molecule has 7 heteroatoms. The summed E-state index contributed by atoms with van der Waals surface area (Å²) < 4.78 is 2.00. The number of aromatic nitrogens is 3. The SMILES string of the molecule is CCNC(=NCc1c(CC)nn(C)c1CC)NCCc1c[nH]c2cc(C)ccc12.I. The molecule has 0 spiro atoms. The van der Waals surface area contributed by atoms with Gasteiger partial charge in [-0.2, -0.15) is 5.10 Å². The number of nitrogens with zero attached hydrogens (tertiary/aromatic N) is 3. The van der Waals surface area contributed by atoms with Crippen LogP contribution in [0.5, 0.6) is 0 Å². The van der Waals surface area contributed by atoms with Crippen LogP contribution in [0.1, 0.15) is 48.8 Å². The fourth-order valence-corrected chi connectivity index (χ4v) is 3.89. The second kappa shape index (κ2) is 11.4. The van der Waals surface area contributed by atoms with E-state index >= 15 is 0 Å². The topological polar surface area (TPSA) is 70.0 Å². The van der Waals surface area contributed by atoms with Gasteiger partial charge in [0.05, 0.1) is 12.2 Å². The molecule has 0 radical (unpaired) electrons. The van der Waals surface area contributed by atoms with Crippen LogP contribution in [0.15, 0.2) is 29.4 Å². The number of benzene rings is 1. The molecule has 0 saturated carbocycles. The van der Waals surface area contributed by atoms with E-state index in [4.69, 9.17) is 4.99 Å². The zero-order chi connectivity index (χ0) is 20.8. The summed E-state index contributed by atoms with van der Waals surface area (Å²) in [5, 5.41) is 12.8. The molecule has 3 rings (SSSR count). The van der Waals surface area contributed by atoms with Crippen molar-refractivity contribution in [2.75, 3.05) is 13.1 Å². The summed E-state index contributed by atoms with van der Waals surface area (Å²) in [6, 6.07) is 6.57. The first kappa shape index (κ1) is 24.2. The number of aliphatic imine (C=N–C) groups is 1. The highest BCUT2D eigenvalue weighted by Crippen LogP contribution is 2.20. The normalized spacial score (nSPS) is 11.6. The molecule has 0 aliphatic heterocycles. The van der Waals surface area contributed by atoms with Gasteiger partial charge in [-0.15, -0.1) is 24.0 Å². The number of aryl methyl sites for hydroxylation is 3. The Hall–Kier alpha value is -2.03. The Morgan fingerprint density at radius 3 is 2.67 bits per heavy atom. The van der Waals surface area contributed by atoms with Crippen LogP contribution in [-0.2, 0) is 32.9 Å². The van der Waals surface area contributed by atoms with Crippen molar-refractivity contribution < 1.29 is 0 Å². The number of nitrogens with one attached hydrogen (secondary N) is 3. The number of halogens is 1. The van der Waals surface area contributed by atoms with E-state index in [-0.39, 0.29) is 24.0 Å². The van der Waals surface area contributed by atoms with Crippen molar-refractivity contribution in [2.45, 2.75) is 53.5 Å². The molecule has 1 aromatic carbocycles. The molecule has 164 valence electrons. The molecule has 0 aliphatic rings. The van der Waals surface area contributed by atoms with E-state index in [0.29, 0.717) is 6.54 Å². The van der Waals surface area contributed by atoms with Gasteiger partial charge < -0.3 is 15.6 Å². The number of rotatable bonds is 8. The first-order valence-corrected chi connectivity index (χ1v) is 10.7. The third kappa shape index (κ3) is 5.56. The summed E-state index contributed by atoms with van der Waals surface area (Å²) >= 11 is 0. The van der Waals surface area contributed by atoms with E-state index in [1.54, 1.807) is 0 Å². The summed E-state index contributed by atoms with van der Waals surface area (Å²) in [6.45, 7) is 10.9. The summed E-state index contributed by atoms with van der Waals surface area (Å²) in [7, 11) is 2.03. The smallest absolute Gasteiger partial charge is 0.191 e. The van der Waals surface area contributed by atoms with Crippen LogP contribution < -0.4 is 10.6 Å². The Morgan fingerprint density at radius 1 is 1.17 bits per heavy atom. The van der Waals surface area contributed by atoms with Crippen molar-refractivity contribution in [3.63, 3.8) is 0 Å². The van der Waals surface area contributed by atoms with E-state index in [2.05, 4.69) is 72.8 Å². The van der Waals surface area contributed by atoms with Crippen molar-refractivity contribution in [1.82, 2.24) is 25.4 Å². The van der Waals surface area contributed by atoms with Crippen LogP contribution in [-0.4, -0.2) is 33.8 Å². The average Bonchev–Trinajstić information content (AvgIpc) is 3.25. The molecular weight excluding hydrogens is 487 g/mol. The molecule has 3 N–H and O–H groups in total. The van der Waals surface area contributed by atoms with Gasteiger partial charge in [-0.25, -0.2) is 4.99 Å². The quantitative estimate of drug-likeness (QED) is 0.235. The summed E-state index contributed by atoms with van der Waals surface area (Å²) in [5.74, 6) is 0.858. The first-order valence-electron chi connectivity index (χ1n) is 10.7. The molecular formula is C23H35IN6. The third-order valence-electron chi connectivity index (χ3n) is 5.38. The lowest BCUT2D eigenvalue weighted by Crippen LogP contribution is -2.38. The van der Waals surface area contributed by atoms with Gasteiger partial charge in [-0.3, -0.25) is 4.68 Å². The van der Waals surface area contributed by atoms with Gasteiger partial charge >= 0.3 is 0 Å². The zero-order valence-corrected chi connectivity index (χ0v) is 21.1. The lowest BCUT2D eigenvalue weighted by Gasteiger charge is -2.11. The van der Waals surface area contributed by atoms with Crippen LogP contribution in [0.3, 0.4) is 0 Å². The molecule has 2 heterocycles. The van der Waals surface area contributed by atoms with Crippen LogP contribution in [0.2, 0.25) is 0 Å². The number of hydrogen-bond donors (Lipinski definition) is 3. The number of fused-ring (bicyclic) bond motifs is 1. The number of guanidine groups is 1. The van der Waals surface area contributed by atoms with Gasteiger partial charge in [-0.1, -0.05) is 26.0 Å².